The summed E-state index contributed by atoms with van der Waals surface area (Å²) in [5.41, 5.74) is 0.836. The van der Waals surface area contributed by atoms with E-state index in [4.69, 9.17) is 12.2 Å². The largest absolute Gasteiger partial charge is 0.335 e. The van der Waals surface area contributed by atoms with Crippen molar-refractivity contribution < 1.29 is 0 Å². The zero-order chi connectivity index (χ0) is 12.0. The summed E-state index contributed by atoms with van der Waals surface area (Å²) in [5, 5.41) is 6.92. The van der Waals surface area contributed by atoms with Gasteiger partial charge in [-0.1, -0.05) is 0 Å². The Balaban J connectivity index is 0.000000160. The number of rotatable bonds is 0. The molecule has 0 bridgehead atoms. The summed E-state index contributed by atoms with van der Waals surface area (Å²) in [6, 6.07) is 1.87. The zero-order valence-electron chi connectivity index (χ0n) is 8.89. The normalized spacial score (nSPS) is 9.12. The van der Waals surface area contributed by atoms with Crippen LogP contribution in [0.15, 0.2) is 23.3 Å². The predicted octanol–water partition coefficient (Wildman–Crippen LogP) is 0.921. The molecule has 7 heteroatoms. The monoisotopic (exact) mass is 237 g/mol. The van der Waals surface area contributed by atoms with Crippen molar-refractivity contribution in [2.24, 2.45) is 0 Å². The number of H-pyrrole nitrogens is 2. The van der Waals surface area contributed by atoms with E-state index in [2.05, 4.69) is 25.1 Å². The topological polar surface area (TPSA) is 87.3 Å². The Bertz CT molecular complexity index is 510. The van der Waals surface area contributed by atoms with Crippen LogP contribution < -0.4 is 5.56 Å². The van der Waals surface area contributed by atoms with Crippen molar-refractivity contribution in [2.45, 2.75) is 13.8 Å². The molecule has 6 nitrogen and oxygen atoms in total. The fourth-order valence-electron chi connectivity index (χ4n) is 0.863. The van der Waals surface area contributed by atoms with Gasteiger partial charge in [0.1, 0.15) is 12.0 Å². The minimum atomic E-state index is -0.211. The fraction of sp³-hybridized carbons (Fsp3) is 0.222. The molecule has 0 aliphatic rings. The first-order valence-electron chi connectivity index (χ1n) is 4.48. The molecule has 2 aromatic rings. The third kappa shape index (κ3) is 4.56. The van der Waals surface area contributed by atoms with E-state index in [1.54, 1.807) is 13.1 Å². The molecule has 0 aromatic carbocycles. The van der Waals surface area contributed by atoms with Crippen molar-refractivity contribution in [3.63, 3.8) is 0 Å². The SMILES string of the molecule is Cc1ccnc(=S)[nH]1.Cc1nncc(=O)[nH]1. The van der Waals surface area contributed by atoms with Crippen LogP contribution in [-0.4, -0.2) is 25.1 Å². The zero-order valence-corrected chi connectivity index (χ0v) is 9.71. The maximum Gasteiger partial charge on any atom is 0.269 e. The number of nitrogens with zero attached hydrogens (tertiary/aromatic N) is 3. The Morgan fingerprint density at radius 3 is 2.44 bits per heavy atom. The molecule has 0 aliphatic heterocycles. The maximum atomic E-state index is 10.3. The minimum Gasteiger partial charge on any atom is -0.335 e. The number of aromatic amines is 2. The van der Waals surface area contributed by atoms with Crippen molar-refractivity contribution in [3.8, 4) is 0 Å². The molecule has 0 amide bonds. The molecule has 0 saturated heterocycles. The van der Waals surface area contributed by atoms with Gasteiger partial charge in [-0.15, -0.1) is 5.10 Å². The van der Waals surface area contributed by atoms with E-state index in [1.807, 2.05) is 13.0 Å². The van der Waals surface area contributed by atoms with Gasteiger partial charge in [-0.05, 0) is 32.1 Å². The van der Waals surface area contributed by atoms with Crippen molar-refractivity contribution >= 4 is 12.2 Å². The number of hydrogen-bond donors (Lipinski definition) is 2. The summed E-state index contributed by atoms with van der Waals surface area (Å²) in [6.45, 7) is 3.62. The van der Waals surface area contributed by atoms with Gasteiger partial charge in [0.25, 0.3) is 5.56 Å². The molecule has 0 atom stereocenters. The summed E-state index contributed by atoms with van der Waals surface area (Å²) in [5.74, 6) is 0.539. The molecular formula is C9H11N5OS. The van der Waals surface area contributed by atoms with Gasteiger partial charge in [0.15, 0.2) is 4.77 Å². The second kappa shape index (κ2) is 5.86. The first-order valence-corrected chi connectivity index (χ1v) is 4.89. The van der Waals surface area contributed by atoms with Crippen LogP contribution in [0, 0.1) is 18.6 Å². The van der Waals surface area contributed by atoms with Crippen LogP contribution in [0.2, 0.25) is 0 Å². The van der Waals surface area contributed by atoms with E-state index in [9.17, 15) is 4.79 Å². The first-order chi connectivity index (χ1) is 7.58. The van der Waals surface area contributed by atoms with Crippen LogP contribution in [0.5, 0.6) is 0 Å². The highest BCUT2D eigenvalue weighted by Gasteiger charge is 1.82. The molecule has 0 saturated carbocycles. The lowest BCUT2D eigenvalue weighted by atomic mass is 10.5. The van der Waals surface area contributed by atoms with E-state index in [0.29, 0.717) is 10.6 Å². The van der Waals surface area contributed by atoms with Gasteiger partial charge in [-0.25, -0.2) is 4.98 Å². The summed E-state index contributed by atoms with van der Waals surface area (Å²) < 4.78 is 0.546. The molecular weight excluding hydrogens is 226 g/mol. The van der Waals surface area contributed by atoms with Crippen LogP contribution in [0.25, 0.3) is 0 Å². The van der Waals surface area contributed by atoms with Gasteiger partial charge in [0.05, 0.1) is 0 Å². The summed E-state index contributed by atoms with van der Waals surface area (Å²) >= 11 is 4.73. The summed E-state index contributed by atoms with van der Waals surface area (Å²) in [7, 11) is 0. The van der Waals surface area contributed by atoms with E-state index < -0.39 is 0 Å². The predicted molar refractivity (Wildman–Crippen MR) is 61.5 cm³/mol. The highest BCUT2D eigenvalue weighted by molar-refractivity contribution is 7.71. The molecule has 16 heavy (non-hydrogen) atoms. The Morgan fingerprint density at radius 1 is 1.31 bits per heavy atom. The van der Waals surface area contributed by atoms with Crippen LogP contribution in [0.3, 0.4) is 0 Å². The third-order valence-electron chi connectivity index (χ3n) is 1.51. The van der Waals surface area contributed by atoms with Gasteiger partial charge in [0.2, 0.25) is 0 Å². The van der Waals surface area contributed by atoms with E-state index in [0.717, 1.165) is 11.9 Å². The molecule has 84 valence electrons. The van der Waals surface area contributed by atoms with Gasteiger partial charge < -0.3 is 9.97 Å². The average Bonchev–Trinajstić information content (AvgIpc) is 2.17. The Morgan fingerprint density at radius 2 is 2.06 bits per heavy atom. The average molecular weight is 237 g/mol. The number of aromatic nitrogens is 5. The van der Waals surface area contributed by atoms with Gasteiger partial charge in [-0.2, -0.15) is 5.10 Å². The molecule has 0 radical (unpaired) electrons. The molecule has 0 aliphatic carbocycles. The summed E-state index contributed by atoms with van der Waals surface area (Å²) in [4.78, 5) is 19.4. The van der Waals surface area contributed by atoms with Crippen molar-refractivity contribution in [3.05, 3.63) is 45.1 Å². The highest BCUT2D eigenvalue weighted by Crippen LogP contribution is 1.85. The second-order valence-corrected chi connectivity index (χ2v) is 3.36. The Labute approximate surface area is 96.8 Å². The van der Waals surface area contributed by atoms with Crippen LogP contribution in [-0.2, 0) is 0 Å². The lowest BCUT2D eigenvalue weighted by Crippen LogP contribution is -2.08. The molecule has 2 aromatic heterocycles. The van der Waals surface area contributed by atoms with Crippen LogP contribution in [0.4, 0.5) is 0 Å². The van der Waals surface area contributed by atoms with Crippen LogP contribution >= 0.6 is 12.2 Å². The molecule has 2 N–H and O–H groups in total. The van der Waals surface area contributed by atoms with E-state index in [-0.39, 0.29) is 5.56 Å². The molecule has 0 unspecified atom stereocenters. The van der Waals surface area contributed by atoms with Crippen molar-refractivity contribution in [1.29, 1.82) is 0 Å². The summed E-state index contributed by atoms with van der Waals surface area (Å²) in [6.07, 6.45) is 2.82. The lowest BCUT2D eigenvalue weighted by Gasteiger charge is -1.86. The van der Waals surface area contributed by atoms with Gasteiger partial charge in [-0.3, -0.25) is 4.79 Å². The third-order valence-corrected chi connectivity index (χ3v) is 1.71. The Kier molecular flexibility index (Phi) is 4.46. The lowest BCUT2D eigenvalue weighted by molar-refractivity contribution is 0.884. The van der Waals surface area contributed by atoms with E-state index in [1.165, 1.54) is 0 Å². The number of hydrogen-bond acceptors (Lipinski definition) is 5. The maximum absolute atomic E-state index is 10.3. The van der Waals surface area contributed by atoms with Crippen LogP contribution in [0.1, 0.15) is 11.5 Å². The Hall–Kier alpha value is -1.89. The van der Waals surface area contributed by atoms with Crippen molar-refractivity contribution in [2.75, 3.05) is 0 Å². The quantitative estimate of drug-likeness (QED) is 0.665. The van der Waals surface area contributed by atoms with Gasteiger partial charge in [0, 0.05) is 11.9 Å². The molecule has 2 heterocycles. The number of aryl methyl sites for hydroxylation is 2. The van der Waals surface area contributed by atoms with E-state index >= 15 is 0 Å². The minimum absolute atomic E-state index is 0.211. The molecule has 0 spiro atoms. The number of nitrogens with one attached hydrogen (secondary N) is 2. The highest BCUT2D eigenvalue weighted by atomic mass is 32.1. The fourth-order valence-corrected chi connectivity index (χ4v) is 1.08. The van der Waals surface area contributed by atoms with Gasteiger partial charge >= 0.3 is 0 Å². The second-order valence-electron chi connectivity index (χ2n) is 2.98. The first kappa shape index (κ1) is 12.2. The smallest absolute Gasteiger partial charge is 0.269 e. The standard InChI is InChI=1S/C5H6N2S.C4H5N3O/c1-4-2-3-6-5(8)7-4;1-3-6-4(8)2-5-7-3/h2-3H,1H3,(H,6,7,8);2H,1H3,(H,6,7,8). The van der Waals surface area contributed by atoms with Crippen molar-refractivity contribution in [1.82, 2.24) is 25.1 Å². The molecule has 0 fully saturated rings. The molecule has 2 rings (SSSR count).